The smallest absolute Gasteiger partial charge is 0.319 e. The molecule has 0 spiro atoms. The van der Waals surface area contributed by atoms with Gasteiger partial charge in [0.25, 0.3) is 0 Å². The van der Waals surface area contributed by atoms with E-state index in [1.54, 1.807) is 0 Å². The normalized spacial score (nSPS) is 9.75. The van der Waals surface area contributed by atoms with Gasteiger partial charge in [0.1, 0.15) is 0 Å². The lowest BCUT2D eigenvalue weighted by atomic mass is 10.4. The molecule has 0 rings (SSSR count). The third kappa shape index (κ3) is 5.97. The van der Waals surface area contributed by atoms with Gasteiger partial charge >= 0.3 is 11.9 Å². The molecule has 0 atom stereocenters. The molecule has 0 aromatic rings. The van der Waals surface area contributed by atoms with E-state index in [0.29, 0.717) is 0 Å². The molecule has 0 aliphatic rings. The van der Waals surface area contributed by atoms with Crippen LogP contribution in [0.15, 0.2) is 0 Å². The zero-order chi connectivity index (χ0) is 12.6. The van der Waals surface area contributed by atoms with E-state index < -0.39 is 11.9 Å². The SMILES string of the molecule is CNC(=O)CN(CC(=O)OC)CC(=O)OC. The van der Waals surface area contributed by atoms with Crippen LogP contribution in [0, 0.1) is 0 Å². The summed E-state index contributed by atoms with van der Waals surface area (Å²) in [6, 6.07) is 0. The van der Waals surface area contributed by atoms with E-state index in [4.69, 9.17) is 0 Å². The van der Waals surface area contributed by atoms with Crippen molar-refractivity contribution in [3.63, 3.8) is 0 Å². The van der Waals surface area contributed by atoms with E-state index in [1.165, 1.54) is 26.2 Å². The zero-order valence-electron chi connectivity index (χ0n) is 9.61. The van der Waals surface area contributed by atoms with E-state index in [0.717, 1.165) is 0 Å². The summed E-state index contributed by atoms with van der Waals surface area (Å²) >= 11 is 0. The molecule has 1 amide bonds. The summed E-state index contributed by atoms with van der Waals surface area (Å²) in [4.78, 5) is 34.5. The third-order valence-corrected chi connectivity index (χ3v) is 1.81. The van der Waals surface area contributed by atoms with Gasteiger partial charge in [-0.05, 0) is 0 Å². The number of hydrogen-bond donors (Lipinski definition) is 1. The van der Waals surface area contributed by atoms with Gasteiger partial charge in [-0.25, -0.2) is 0 Å². The molecule has 92 valence electrons. The number of amides is 1. The third-order valence-electron chi connectivity index (χ3n) is 1.81. The monoisotopic (exact) mass is 232 g/mol. The average molecular weight is 232 g/mol. The van der Waals surface area contributed by atoms with Gasteiger partial charge in [0.2, 0.25) is 5.91 Å². The lowest BCUT2D eigenvalue weighted by molar-refractivity contribution is -0.146. The van der Waals surface area contributed by atoms with Gasteiger partial charge < -0.3 is 14.8 Å². The fraction of sp³-hybridized carbons (Fsp3) is 0.667. The highest BCUT2D eigenvalue weighted by Gasteiger charge is 2.17. The molecule has 0 saturated carbocycles. The fourth-order valence-electron chi connectivity index (χ4n) is 0.944. The highest BCUT2D eigenvalue weighted by atomic mass is 16.5. The fourth-order valence-corrected chi connectivity index (χ4v) is 0.944. The van der Waals surface area contributed by atoms with Crippen molar-refractivity contribution < 1.29 is 23.9 Å². The molecular weight excluding hydrogens is 216 g/mol. The first-order valence-electron chi connectivity index (χ1n) is 4.60. The van der Waals surface area contributed by atoms with Gasteiger partial charge in [0, 0.05) is 7.05 Å². The van der Waals surface area contributed by atoms with Crippen LogP contribution in [0.1, 0.15) is 0 Å². The average Bonchev–Trinajstić information content (AvgIpc) is 2.28. The Balaban J connectivity index is 4.31. The van der Waals surface area contributed by atoms with Crippen LogP contribution in [0.3, 0.4) is 0 Å². The number of rotatable bonds is 6. The Morgan fingerprint density at radius 3 is 1.75 bits per heavy atom. The standard InChI is InChI=1S/C9H16N2O5/c1-10-7(12)4-11(5-8(13)15-2)6-9(14)16-3/h4-6H2,1-3H3,(H,10,12). The van der Waals surface area contributed by atoms with Crippen LogP contribution in [0.4, 0.5) is 0 Å². The van der Waals surface area contributed by atoms with E-state index in [2.05, 4.69) is 14.8 Å². The van der Waals surface area contributed by atoms with Crippen LogP contribution in [0.5, 0.6) is 0 Å². The van der Waals surface area contributed by atoms with Crippen molar-refractivity contribution in [2.45, 2.75) is 0 Å². The summed E-state index contributed by atoms with van der Waals surface area (Å²) < 4.78 is 8.89. The molecule has 0 aliphatic heterocycles. The lowest BCUT2D eigenvalue weighted by Crippen LogP contribution is -2.41. The number of nitrogens with one attached hydrogen (secondary N) is 1. The van der Waals surface area contributed by atoms with Crippen molar-refractivity contribution in [2.24, 2.45) is 0 Å². The Bertz CT molecular complexity index is 224. The maximum atomic E-state index is 11.1. The number of hydrogen-bond acceptors (Lipinski definition) is 6. The summed E-state index contributed by atoms with van der Waals surface area (Å²) in [6.45, 7) is -0.348. The van der Waals surface area contributed by atoms with Crippen LogP contribution in [-0.4, -0.2) is 63.6 Å². The summed E-state index contributed by atoms with van der Waals surface area (Å²) in [6.07, 6.45) is 0. The Morgan fingerprint density at radius 1 is 1.00 bits per heavy atom. The quantitative estimate of drug-likeness (QED) is 0.554. The van der Waals surface area contributed by atoms with Gasteiger partial charge in [0.15, 0.2) is 0 Å². The largest absolute Gasteiger partial charge is 0.468 e. The zero-order valence-corrected chi connectivity index (χ0v) is 9.61. The molecule has 0 aliphatic carbocycles. The first-order valence-corrected chi connectivity index (χ1v) is 4.60. The van der Waals surface area contributed by atoms with Crippen molar-refractivity contribution >= 4 is 17.8 Å². The molecule has 1 N–H and O–H groups in total. The maximum Gasteiger partial charge on any atom is 0.319 e. The summed E-state index contributed by atoms with van der Waals surface area (Å²) in [5.74, 6) is -1.34. The van der Waals surface area contributed by atoms with Crippen LogP contribution in [0.25, 0.3) is 0 Å². The molecule has 0 aromatic carbocycles. The molecular formula is C9H16N2O5. The number of carbonyl (C=O) groups excluding carboxylic acids is 3. The minimum atomic E-state index is -0.521. The molecule has 0 heterocycles. The molecule has 7 heteroatoms. The second kappa shape index (κ2) is 7.63. The Morgan fingerprint density at radius 2 is 1.44 bits per heavy atom. The van der Waals surface area contributed by atoms with E-state index in [9.17, 15) is 14.4 Å². The first-order chi connectivity index (χ1) is 7.53. The van der Waals surface area contributed by atoms with Gasteiger partial charge in [-0.1, -0.05) is 0 Å². The molecule has 0 aromatic heterocycles. The predicted octanol–water partition coefficient (Wildman–Crippen LogP) is -1.62. The minimum Gasteiger partial charge on any atom is -0.468 e. The number of methoxy groups -OCH3 is 2. The number of ether oxygens (including phenoxy) is 2. The summed E-state index contributed by atoms with van der Waals surface area (Å²) in [5.41, 5.74) is 0. The van der Waals surface area contributed by atoms with Crippen LogP contribution in [-0.2, 0) is 23.9 Å². The van der Waals surface area contributed by atoms with Crippen molar-refractivity contribution in [3.05, 3.63) is 0 Å². The van der Waals surface area contributed by atoms with Crippen LogP contribution < -0.4 is 5.32 Å². The number of likely N-dealkylation sites (N-methyl/N-ethyl adjacent to an activating group) is 1. The number of carbonyl (C=O) groups is 3. The number of esters is 2. The second-order valence-corrected chi connectivity index (χ2v) is 2.97. The maximum absolute atomic E-state index is 11.1. The van der Waals surface area contributed by atoms with Crippen LogP contribution >= 0.6 is 0 Å². The van der Waals surface area contributed by atoms with Crippen molar-refractivity contribution in [1.29, 1.82) is 0 Å². The van der Waals surface area contributed by atoms with Crippen molar-refractivity contribution in [1.82, 2.24) is 10.2 Å². The Hall–Kier alpha value is -1.63. The van der Waals surface area contributed by atoms with E-state index in [-0.39, 0.29) is 25.5 Å². The topological polar surface area (TPSA) is 84.9 Å². The van der Waals surface area contributed by atoms with E-state index >= 15 is 0 Å². The Kier molecular flexibility index (Phi) is 6.86. The molecule has 0 saturated heterocycles. The lowest BCUT2D eigenvalue weighted by Gasteiger charge is -2.18. The molecule has 16 heavy (non-hydrogen) atoms. The second-order valence-electron chi connectivity index (χ2n) is 2.97. The highest BCUT2D eigenvalue weighted by molar-refractivity contribution is 5.80. The highest BCUT2D eigenvalue weighted by Crippen LogP contribution is 1.91. The Labute approximate surface area is 93.7 Å². The summed E-state index contributed by atoms with van der Waals surface area (Å²) in [5, 5.41) is 2.39. The number of nitrogens with zero attached hydrogens (tertiary/aromatic N) is 1. The molecule has 7 nitrogen and oxygen atoms in total. The van der Waals surface area contributed by atoms with Crippen molar-refractivity contribution in [2.75, 3.05) is 40.9 Å². The van der Waals surface area contributed by atoms with Crippen LogP contribution in [0.2, 0.25) is 0 Å². The predicted molar refractivity (Wildman–Crippen MR) is 54.5 cm³/mol. The van der Waals surface area contributed by atoms with Gasteiger partial charge in [-0.3, -0.25) is 19.3 Å². The summed E-state index contributed by atoms with van der Waals surface area (Å²) in [7, 11) is 3.94. The first kappa shape index (κ1) is 14.4. The van der Waals surface area contributed by atoms with E-state index in [1.807, 2.05) is 0 Å². The van der Waals surface area contributed by atoms with Gasteiger partial charge in [-0.15, -0.1) is 0 Å². The van der Waals surface area contributed by atoms with Gasteiger partial charge in [-0.2, -0.15) is 0 Å². The molecule has 0 bridgehead atoms. The molecule has 0 radical (unpaired) electrons. The minimum absolute atomic E-state index is 0.0688. The molecule has 0 fully saturated rings. The van der Waals surface area contributed by atoms with Crippen molar-refractivity contribution in [3.8, 4) is 0 Å². The molecule has 0 unspecified atom stereocenters. The van der Waals surface area contributed by atoms with Gasteiger partial charge in [0.05, 0.1) is 33.9 Å².